The standard InChI is InChI=1S/C16H20N2O2/c1-12-4-3-5-13-14(6-8-18-15(12)13)17-9-7-16(2)19-10-11-20-16/h3-6,8H,7,9-11H2,1-2H3,(H,17,18). The Morgan fingerprint density at radius 1 is 1.25 bits per heavy atom. The number of aryl methyl sites for hydroxylation is 1. The van der Waals surface area contributed by atoms with E-state index in [1.807, 2.05) is 19.2 Å². The van der Waals surface area contributed by atoms with Crippen LogP contribution in [-0.2, 0) is 9.47 Å². The van der Waals surface area contributed by atoms with Crippen molar-refractivity contribution < 1.29 is 9.47 Å². The van der Waals surface area contributed by atoms with Crippen LogP contribution < -0.4 is 5.32 Å². The lowest BCUT2D eigenvalue weighted by molar-refractivity contribution is -0.144. The van der Waals surface area contributed by atoms with E-state index < -0.39 is 5.79 Å². The average molecular weight is 272 g/mol. The highest BCUT2D eigenvalue weighted by Crippen LogP contribution is 2.26. The van der Waals surface area contributed by atoms with E-state index >= 15 is 0 Å². The molecule has 0 unspecified atom stereocenters. The van der Waals surface area contributed by atoms with Gasteiger partial charge in [-0.2, -0.15) is 0 Å². The van der Waals surface area contributed by atoms with Gasteiger partial charge >= 0.3 is 0 Å². The first kappa shape index (κ1) is 13.3. The maximum atomic E-state index is 5.61. The van der Waals surface area contributed by atoms with Crippen LogP contribution in [0.1, 0.15) is 18.9 Å². The molecule has 2 heterocycles. The Labute approximate surface area is 119 Å². The SMILES string of the molecule is Cc1cccc2c(NCCC3(C)OCCO3)ccnc12. The topological polar surface area (TPSA) is 43.4 Å². The maximum Gasteiger partial charge on any atom is 0.167 e. The summed E-state index contributed by atoms with van der Waals surface area (Å²) in [6, 6.07) is 8.26. The lowest BCUT2D eigenvalue weighted by Gasteiger charge is -2.22. The third-order valence-corrected chi connectivity index (χ3v) is 3.77. The van der Waals surface area contributed by atoms with Gasteiger partial charge in [-0.1, -0.05) is 18.2 Å². The summed E-state index contributed by atoms with van der Waals surface area (Å²) in [7, 11) is 0. The van der Waals surface area contributed by atoms with Crippen molar-refractivity contribution in [1.82, 2.24) is 4.98 Å². The smallest absolute Gasteiger partial charge is 0.167 e. The average Bonchev–Trinajstić information content (AvgIpc) is 2.87. The molecule has 0 amide bonds. The lowest BCUT2D eigenvalue weighted by atomic mass is 10.1. The first-order chi connectivity index (χ1) is 9.68. The van der Waals surface area contributed by atoms with Crippen molar-refractivity contribution in [3.05, 3.63) is 36.0 Å². The number of anilines is 1. The summed E-state index contributed by atoms with van der Waals surface area (Å²) in [6.07, 6.45) is 2.67. The van der Waals surface area contributed by atoms with E-state index in [9.17, 15) is 0 Å². The molecule has 4 nitrogen and oxygen atoms in total. The number of benzene rings is 1. The number of hydrogen-bond acceptors (Lipinski definition) is 4. The number of nitrogens with one attached hydrogen (secondary N) is 1. The van der Waals surface area contributed by atoms with Gasteiger partial charge in [-0.25, -0.2) is 0 Å². The zero-order valence-electron chi connectivity index (χ0n) is 12.0. The van der Waals surface area contributed by atoms with Gasteiger partial charge in [0.2, 0.25) is 0 Å². The first-order valence-electron chi connectivity index (χ1n) is 7.04. The highest BCUT2D eigenvalue weighted by Gasteiger charge is 2.30. The van der Waals surface area contributed by atoms with Crippen LogP contribution in [0.15, 0.2) is 30.5 Å². The Hall–Kier alpha value is -1.65. The van der Waals surface area contributed by atoms with Crippen LogP contribution in [0.2, 0.25) is 0 Å². The molecule has 1 N–H and O–H groups in total. The second kappa shape index (κ2) is 5.38. The van der Waals surface area contributed by atoms with Crippen LogP contribution in [-0.4, -0.2) is 30.5 Å². The summed E-state index contributed by atoms with van der Waals surface area (Å²) < 4.78 is 11.2. The van der Waals surface area contributed by atoms with E-state index in [2.05, 4.69) is 35.4 Å². The van der Waals surface area contributed by atoms with E-state index in [-0.39, 0.29) is 0 Å². The molecule has 0 atom stereocenters. The number of nitrogens with zero attached hydrogens (tertiary/aromatic N) is 1. The van der Waals surface area contributed by atoms with E-state index in [4.69, 9.17) is 9.47 Å². The first-order valence-corrected chi connectivity index (χ1v) is 7.04. The Kier molecular flexibility index (Phi) is 3.59. The Bertz CT molecular complexity index is 606. The van der Waals surface area contributed by atoms with Crippen molar-refractivity contribution >= 4 is 16.6 Å². The van der Waals surface area contributed by atoms with Crippen LogP contribution in [0.5, 0.6) is 0 Å². The number of pyridine rings is 1. The van der Waals surface area contributed by atoms with Crippen LogP contribution >= 0.6 is 0 Å². The highest BCUT2D eigenvalue weighted by atomic mass is 16.7. The minimum absolute atomic E-state index is 0.439. The fourth-order valence-electron chi connectivity index (χ4n) is 2.60. The molecule has 3 rings (SSSR count). The van der Waals surface area contributed by atoms with Crippen LogP contribution in [0, 0.1) is 6.92 Å². The van der Waals surface area contributed by atoms with Crippen molar-refractivity contribution in [2.45, 2.75) is 26.1 Å². The van der Waals surface area contributed by atoms with Crippen molar-refractivity contribution in [2.24, 2.45) is 0 Å². The molecule has 106 valence electrons. The minimum atomic E-state index is -0.439. The number of fused-ring (bicyclic) bond motifs is 1. The molecule has 1 saturated heterocycles. The number of rotatable bonds is 4. The predicted octanol–water partition coefficient (Wildman–Crippen LogP) is 3.11. The zero-order chi connectivity index (χ0) is 14.0. The second-order valence-corrected chi connectivity index (χ2v) is 5.34. The second-order valence-electron chi connectivity index (χ2n) is 5.34. The van der Waals surface area contributed by atoms with Gasteiger partial charge in [-0.3, -0.25) is 4.98 Å². The van der Waals surface area contributed by atoms with E-state index in [0.717, 1.165) is 29.6 Å². The third-order valence-electron chi connectivity index (χ3n) is 3.77. The Morgan fingerprint density at radius 3 is 2.85 bits per heavy atom. The summed E-state index contributed by atoms with van der Waals surface area (Å²) in [5.74, 6) is -0.439. The molecule has 1 fully saturated rings. The summed E-state index contributed by atoms with van der Waals surface area (Å²) >= 11 is 0. The minimum Gasteiger partial charge on any atom is -0.384 e. The van der Waals surface area contributed by atoms with Gasteiger partial charge in [-0.15, -0.1) is 0 Å². The lowest BCUT2D eigenvalue weighted by Crippen LogP contribution is -2.28. The van der Waals surface area contributed by atoms with Crippen LogP contribution in [0.3, 0.4) is 0 Å². The largest absolute Gasteiger partial charge is 0.384 e. The highest BCUT2D eigenvalue weighted by molar-refractivity contribution is 5.92. The van der Waals surface area contributed by atoms with Gasteiger partial charge in [0.15, 0.2) is 5.79 Å². The quantitative estimate of drug-likeness (QED) is 0.928. The maximum absolute atomic E-state index is 5.61. The van der Waals surface area contributed by atoms with Crippen molar-refractivity contribution in [3.8, 4) is 0 Å². The van der Waals surface area contributed by atoms with Crippen molar-refractivity contribution in [1.29, 1.82) is 0 Å². The third kappa shape index (κ3) is 2.62. The number of hydrogen-bond donors (Lipinski definition) is 1. The van der Waals surface area contributed by atoms with Gasteiger partial charge in [0.05, 0.1) is 18.7 Å². The van der Waals surface area contributed by atoms with Gasteiger partial charge in [-0.05, 0) is 25.5 Å². The number of para-hydroxylation sites is 1. The van der Waals surface area contributed by atoms with Crippen molar-refractivity contribution in [2.75, 3.05) is 25.1 Å². The summed E-state index contributed by atoms with van der Waals surface area (Å²) in [4.78, 5) is 4.45. The molecular weight excluding hydrogens is 252 g/mol. The molecule has 0 radical (unpaired) electrons. The zero-order valence-corrected chi connectivity index (χ0v) is 12.0. The predicted molar refractivity (Wildman–Crippen MR) is 79.9 cm³/mol. The summed E-state index contributed by atoms with van der Waals surface area (Å²) in [5.41, 5.74) is 3.36. The fourth-order valence-corrected chi connectivity index (χ4v) is 2.60. The van der Waals surface area contributed by atoms with Gasteiger partial charge in [0.25, 0.3) is 0 Å². The summed E-state index contributed by atoms with van der Waals surface area (Å²) in [6.45, 7) is 6.27. The summed E-state index contributed by atoms with van der Waals surface area (Å²) in [5, 5.41) is 4.63. The van der Waals surface area contributed by atoms with Gasteiger partial charge < -0.3 is 14.8 Å². The monoisotopic (exact) mass is 272 g/mol. The fraction of sp³-hybridized carbons (Fsp3) is 0.438. The van der Waals surface area contributed by atoms with Gasteiger partial charge in [0.1, 0.15) is 0 Å². The molecule has 4 heteroatoms. The Balaban J connectivity index is 1.73. The van der Waals surface area contributed by atoms with Crippen LogP contribution in [0.4, 0.5) is 5.69 Å². The molecule has 0 spiro atoms. The molecule has 1 aliphatic rings. The molecule has 0 aliphatic carbocycles. The molecule has 20 heavy (non-hydrogen) atoms. The molecule has 2 aromatic rings. The van der Waals surface area contributed by atoms with E-state index in [1.165, 1.54) is 5.56 Å². The van der Waals surface area contributed by atoms with E-state index in [0.29, 0.717) is 13.2 Å². The molecular formula is C16H20N2O2. The van der Waals surface area contributed by atoms with E-state index in [1.54, 1.807) is 0 Å². The molecule has 1 aromatic carbocycles. The Morgan fingerprint density at radius 2 is 2.05 bits per heavy atom. The molecule has 1 aliphatic heterocycles. The number of ether oxygens (including phenoxy) is 2. The molecule has 0 saturated carbocycles. The normalized spacial score (nSPS) is 17.5. The molecule has 0 bridgehead atoms. The number of aromatic nitrogens is 1. The molecule has 1 aromatic heterocycles. The van der Waals surface area contributed by atoms with Crippen LogP contribution in [0.25, 0.3) is 10.9 Å². The van der Waals surface area contributed by atoms with Gasteiger partial charge in [0, 0.05) is 30.2 Å². The van der Waals surface area contributed by atoms with Crippen molar-refractivity contribution in [3.63, 3.8) is 0 Å².